The maximum absolute atomic E-state index is 12.7. The molecule has 1 aromatic carbocycles. The minimum absolute atomic E-state index is 0.269. The number of carbonyl (C=O) groups excluding carboxylic acids is 1. The number of phenolic OH excluding ortho intramolecular Hbond substituents is 1. The Balaban J connectivity index is 1.54. The Hall–Kier alpha value is -1.75. The van der Waals surface area contributed by atoms with Gasteiger partial charge in [0, 0.05) is 38.3 Å². The highest BCUT2D eigenvalue weighted by atomic mass is 16.3. The van der Waals surface area contributed by atoms with Gasteiger partial charge in [-0.25, -0.2) is 0 Å². The Labute approximate surface area is 144 Å². The van der Waals surface area contributed by atoms with Crippen molar-refractivity contribution in [3.8, 4) is 5.75 Å². The second kappa shape index (κ2) is 7.43. The quantitative estimate of drug-likeness (QED) is 0.923. The molecule has 2 atom stereocenters. The van der Waals surface area contributed by atoms with Gasteiger partial charge >= 0.3 is 0 Å². The highest BCUT2D eigenvalue weighted by Crippen LogP contribution is 2.27. The number of hydrogen-bond acceptors (Lipinski definition) is 4. The fourth-order valence-electron chi connectivity index (χ4n) is 4.06. The third kappa shape index (κ3) is 3.66. The summed E-state index contributed by atoms with van der Waals surface area (Å²) >= 11 is 0. The molecule has 2 saturated heterocycles. The van der Waals surface area contributed by atoms with E-state index >= 15 is 0 Å². The van der Waals surface area contributed by atoms with Gasteiger partial charge in [0.1, 0.15) is 5.75 Å². The molecule has 24 heavy (non-hydrogen) atoms. The smallest absolute Gasteiger partial charge is 0.237 e. The summed E-state index contributed by atoms with van der Waals surface area (Å²) in [5, 5.41) is 9.99. The minimum Gasteiger partial charge on any atom is -0.506 e. The number of piperidine rings is 1. The van der Waals surface area contributed by atoms with E-state index in [1.54, 1.807) is 6.07 Å². The fourth-order valence-corrected chi connectivity index (χ4v) is 4.06. The van der Waals surface area contributed by atoms with Gasteiger partial charge in [0.15, 0.2) is 0 Å². The summed E-state index contributed by atoms with van der Waals surface area (Å²) in [4.78, 5) is 19.3. The molecule has 132 valence electrons. The molecule has 5 heteroatoms. The maximum Gasteiger partial charge on any atom is 0.237 e. The largest absolute Gasteiger partial charge is 0.506 e. The van der Waals surface area contributed by atoms with Crippen molar-refractivity contribution in [1.29, 1.82) is 0 Å². The van der Waals surface area contributed by atoms with Crippen LogP contribution in [0.1, 0.15) is 33.1 Å². The van der Waals surface area contributed by atoms with Crippen LogP contribution in [0.3, 0.4) is 0 Å². The predicted molar refractivity (Wildman–Crippen MR) is 96.4 cm³/mol. The Morgan fingerprint density at radius 1 is 1.08 bits per heavy atom. The maximum atomic E-state index is 12.7. The monoisotopic (exact) mass is 331 g/mol. The van der Waals surface area contributed by atoms with E-state index in [1.807, 2.05) is 18.2 Å². The van der Waals surface area contributed by atoms with E-state index in [9.17, 15) is 9.90 Å². The molecule has 0 spiro atoms. The number of para-hydroxylation sites is 2. The molecule has 2 heterocycles. The van der Waals surface area contributed by atoms with Gasteiger partial charge in [0.05, 0.1) is 12.2 Å². The number of likely N-dealkylation sites (tertiary alicyclic amines) is 1. The van der Waals surface area contributed by atoms with E-state index in [0.29, 0.717) is 24.4 Å². The van der Waals surface area contributed by atoms with E-state index in [2.05, 4.69) is 28.5 Å². The Morgan fingerprint density at radius 3 is 2.33 bits per heavy atom. The fraction of sp³-hybridized carbons (Fsp3) is 0.632. The topological polar surface area (TPSA) is 47.0 Å². The van der Waals surface area contributed by atoms with Crippen molar-refractivity contribution in [2.75, 3.05) is 37.6 Å². The summed E-state index contributed by atoms with van der Waals surface area (Å²) in [7, 11) is 0. The van der Waals surface area contributed by atoms with Gasteiger partial charge in [-0.05, 0) is 45.2 Å². The molecule has 2 aliphatic heterocycles. The molecule has 2 aliphatic rings. The lowest BCUT2D eigenvalue weighted by Crippen LogP contribution is -2.54. The summed E-state index contributed by atoms with van der Waals surface area (Å²) < 4.78 is 0. The first kappa shape index (κ1) is 17.1. The van der Waals surface area contributed by atoms with Gasteiger partial charge in [0.25, 0.3) is 0 Å². The zero-order valence-electron chi connectivity index (χ0n) is 14.8. The molecular weight excluding hydrogens is 302 g/mol. The van der Waals surface area contributed by atoms with Crippen molar-refractivity contribution in [3.05, 3.63) is 24.3 Å². The third-order valence-corrected chi connectivity index (χ3v) is 5.44. The second-order valence-electron chi connectivity index (χ2n) is 7.18. The summed E-state index contributed by atoms with van der Waals surface area (Å²) in [5.74, 6) is 0.601. The number of nitrogens with zero attached hydrogens (tertiary/aromatic N) is 3. The van der Waals surface area contributed by atoms with Crippen LogP contribution in [0.15, 0.2) is 24.3 Å². The molecule has 0 aromatic heterocycles. The van der Waals surface area contributed by atoms with E-state index in [4.69, 9.17) is 0 Å². The van der Waals surface area contributed by atoms with Crippen LogP contribution in [0.2, 0.25) is 0 Å². The molecule has 1 aromatic rings. The molecule has 5 nitrogen and oxygen atoms in total. The van der Waals surface area contributed by atoms with Crippen LogP contribution < -0.4 is 4.90 Å². The number of benzene rings is 1. The lowest BCUT2D eigenvalue weighted by molar-refractivity contribution is -0.138. The van der Waals surface area contributed by atoms with E-state index in [1.165, 1.54) is 6.42 Å². The van der Waals surface area contributed by atoms with Crippen LogP contribution in [-0.2, 0) is 4.79 Å². The SMILES string of the molecule is C[C@H]1CCC[C@H](C)N1C(=O)CN1CCN(c2ccccc2O)CC1. The van der Waals surface area contributed by atoms with Crippen molar-refractivity contribution in [1.82, 2.24) is 9.80 Å². The van der Waals surface area contributed by atoms with Gasteiger partial charge in [-0.2, -0.15) is 0 Å². The first-order chi connectivity index (χ1) is 11.6. The number of rotatable bonds is 3. The Morgan fingerprint density at radius 2 is 1.71 bits per heavy atom. The second-order valence-corrected chi connectivity index (χ2v) is 7.18. The number of hydrogen-bond donors (Lipinski definition) is 1. The van der Waals surface area contributed by atoms with Crippen LogP contribution in [0.25, 0.3) is 0 Å². The van der Waals surface area contributed by atoms with Gasteiger partial charge < -0.3 is 14.9 Å². The molecule has 1 amide bonds. The summed E-state index contributed by atoms with van der Waals surface area (Å²) in [5.41, 5.74) is 0.891. The van der Waals surface area contributed by atoms with Crippen LogP contribution in [0, 0.1) is 0 Å². The normalized spacial score (nSPS) is 25.8. The van der Waals surface area contributed by atoms with E-state index < -0.39 is 0 Å². The number of piperazine rings is 1. The summed E-state index contributed by atoms with van der Waals surface area (Å²) in [6, 6.07) is 8.20. The molecule has 3 rings (SSSR count). The number of anilines is 1. The van der Waals surface area contributed by atoms with Crippen molar-refractivity contribution >= 4 is 11.6 Å². The number of aromatic hydroxyl groups is 1. The van der Waals surface area contributed by atoms with Crippen LogP contribution in [0.4, 0.5) is 5.69 Å². The lowest BCUT2D eigenvalue weighted by atomic mass is 9.97. The molecule has 0 radical (unpaired) electrons. The number of carbonyl (C=O) groups is 1. The number of amides is 1. The number of phenols is 1. The van der Waals surface area contributed by atoms with Crippen LogP contribution in [-0.4, -0.2) is 65.6 Å². The van der Waals surface area contributed by atoms with Crippen molar-refractivity contribution < 1.29 is 9.90 Å². The standard InChI is InChI=1S/C19H29N3O2/c1-15-6-5-7-16(2)22(15)19(24)14-20-10-12-21(13-11-20)17-8-3-4-9-18(17)23/h3-4,8-9,15-16,23H,5-7,10-14H2,1-2H3/t15-,16-/m0/s1. The zero-order chi connectivity index (χ0) is 17.1. The van der Waals surface area contributed by atoms with Gasteiger partial charge in [-0.1, -0.05) is 12.1 Å². The first-order valence-electron chi connectivity index (χ1n) is 9.12. The predicted octanol–water partition coefficient (Wildman–Crippen LogP) is 2.30. The van der Waals surface area contributed by atoms with Crippen molar-refractivity contribution in [2.24, 2.45) is 0 Å². The molecule has 0 bridgehead atoms. The third-order valence-electron chi connectivity index (χ3n) is 5.44. The van der Waals surface area contributed by atoms with Crippen molar-refractivity contribution in [2.45, 2.75) is 45.2 Å². The highest BCUT2D eigenvalue weighted by molar-refractivity contribution is 5.79. The van der Waals surface area contributed by atoms with Crippen LogP contribution in [0.5, 0.6) is 5.75 Å². The van der Waals surface area contributed by atoms with Gasteiger partial charge in [-0.3, -0.25) is 9.69 Å². The summed E-state index contributed by atoms with van der Waals surface area (Å²) in [6.07, 6.45) is 3.47. The Kier molecular flexibility index (Phi) is 5.29. The highest BCUT2D eigenvalue weighted by Gasteiger charge is 2.30. The molecule has 0 saturated carbocycles. The van der Waals surface area contributed by atoms with Crippen molar-refractivity contribution in [3.63, 3.8) is 0 Å². The summed E-state index contributed by atoms with van der Waals surface area (Å²) in [6.45, 7) is 8.26. The lowest BCUT2D eigenvalue weighted by Gasteiger charge is -2.41. The van der Waals surface area contributed by atoms with Crippen LogP contribution >= 0.6 is 0 Å². The van der Waals surface area contributed by atoms with Gasteiger partial charge in [0.2, 0.25) is 5.91 Å². The molecule has 1 N–H and O–H groups in total. The van der Waals surface area contributed by atoms with Gasteiger partial charge in [-0.15, -0.1) is 0 Å². The molecule has 0 aliphatic carbocycles. The first-order valence-corrected chi connectivity index (χ1v) is 9.12. The Bertz CT molecular complexity index is 559. The molecular formula is C19H29N3O2. The molecule has 0 unspecified atom stereocenters. The van der Waals surface area contributed by atoms with E-state index in [-0.39, 0.29) is 5.91 Å². The van der Waals surface area contributed by atoms with E-state index in [0.717, 1.165) is 44.7 Å². The average molecular weight is 331 g/mol. The average Bonchev–Trinajstić information content (AvgIpc) is 2.56. The zero-order valence-corrected chi connectivity index (χ0v) is 14.8. The minimum atomic E-state index is 0.269. The molecule has 2 fully saturated rings.